The minimum atomic E-state index is 0.544. The zero-order valence-electron chi connectivity index (χ0n) is 16.0. The summed E-state index contributed by atoms with van der Waals surface area (Å²) in [6, 6.07) is 23.8. The normalized spacial score (nSPS) is 11.5. The van der Waals surface area contributed by atoms with E-state index in [2.05, 4.69) is 20.6 Å². The zero-order chi connectivity index (χ0) is 19.9. The molecule has 142 valence electrons. The molecule has 0 aliphatic heterocycles. The Labute approximate surface area is 171 Å². The van der Waals surface area contributed by atoms with E-state index in [1.807, 2.05) is 72.9 Å². The highest BCUT2D eigenvalue weighted by molar-refractivity contribution is 5.82. The molecule has 0 spiro atoms. The molecule has 6 aromatic rings. The van der Waals surface area contributed by atoms with Crippen LogP contribution in [0.15, 0.2) is 85.2 Å². The van der Waals surface area contributed by atoms with Crippen LogP contribution in [0.3, 0.4) is 0 Å². The molecule has 6 rings (SSSR count). The van der Waals surface area contributed by atoms with Gasteiger partial charge in [0.2, 0.25) is 0 Å². The smallest absolute Gasteiger partial charge is 0.161 e. The van der Waals surface area contributed by atoms with Gasteiger partial charge in [-0.05, 0) is 36.4 Å². The summed E-state index contributed by atoms with van der Waals surface area (Å²) in [6.07, 6.45) is 3.61. The summed E-state index contributed by atoms with van der Waals surface area (Å²) in [6.45, 7) is 0.544. The van der Waals surface area contributed by atoms with E-state index in [9.17, 15) is 0 Å². The number of rotatable bonds is 3. The van der Waals surface area contributed by atoms with Crippen molar-refractivity contribution in [3.8, 4) is 11.5 Å². The molecule has 0 N–H and O–H groups in total. The molecule has 3 aromatic heterocycles. The molecule has 6 nitrogen and oxygen atoms in total. The van der Waals surface area contributed by atoms with Crippen LogP contribution in [0.5, 0.6) is 0 Å². The number of para-hydroxylation sites is 6. The highest BCUT2D eigenvalue weighted by atomic mass is 15.1. The topological polar surface area (TPSA) is 69.4 Å². The van der Waals surface area contributed by atoms with Gasteiger partial charge in [0.25, 0.3) is 0 Å². The van der Waals surface area contributed by atoms with Crippen LogP contribution in [0.2, 0.25) is 0 Å². The molecule has 0 aliphatic carbocycles. The quantitative estimate of drug-likeness (QED) is 0.442. The summed E-state index contributed by atoms with van der Waals surface area (Å²) in [5, 5.41) is 0. The molecular weight excluding hydrogens is 372 g/mol. The molecule has 0 bridgehead atoms. The molecule has 0 saturated heterocycles. The number of hydrogen-bond acceptors (Lipinski definition) is 5. The van der Waals surface area contributed by atoms with E-state index in [0.717, 1.165) is 50.3 Å². The van der Waals surface area contributed by atoms with Gasteiger partial charge in [0.05, 0.1) is 57.7 Å². The molecule has 0 unspecified atom stereocenters. The van der Waals surface area contributed by atoms with Crippen molar-refractivity contribution in [2.45, 2.75) is 6.54 Å². The van der Waals surface area contributed by atoms with Crippen LogP contribution in [0.25, 0.3) is 44.6 Å². The summed E-state index contributed by atoms with van der Waals surface area (Å²) < 4.78 is 2.13. The minimum absolute atomic E-state index is 0.544. The van der Waals surface area contributed by atoms with Crippen LogP contribution in [0.4, 0.5) is 0 Å². The van der Waals surface area contributed by atoms with Gasteiger partial charge in [0.1, 0.15) is 5.69 Å². The molecule has 0 fully saturated rings. The van der Waals surface area contributed by atoms with E-state index in [0.29, 0.717) is 6.54 Å². The van der Waals surface area contributed by atoms with E-state index in [1.165, 1.54) is 0 Å². The number of aromatic nitrogens is 6. The summed E-state index contributed by atoms with van der Waals surface area (Å²) in [7, 11) is 0. The fourth-order valence-corrected chi connectivity index (χ4v) is 3.73. The molecule has 3 aromatic carbocycles. The fraction of sp³-hybridized carbons (Fsp3) is 0.0417. The lowest BCUT2D eigenvalue weighted by Crippen LogP contribution is -2.06. The molecule has 3 heterocycles. The SMILES string of the molecule is c1ccc2nc(Cn3c(-c4cnc5ccccc5n4)nc4ccccc43)cnc2c1. The summed E-state index contributed by atoms with van der Waals surface area (Å²) in [5.74, 6) is 0.768. The first-order valence-electron chi connectivity index (χ1n) is 9.73. The van der Waals surface area contributed by atoms with Gasteiger partial charge in [0.15, 0.2) is 5.82 Å². The maximum atomic E-state index is 4.86. The number of hydrogen-bond donors (Lipinski definition) is 0. The molecule has 0 amide bonds. The van der Waals surface area contributed by atoms with Gasteiger partial charge in [-0.15, -0.1) is 0 Å². The molecule has 0 saturated carbocycles. The largest absolute Gasteiger partial charge is 0.316 e. The predicted molar refractivity (Wildman–Crippen MR) is 117 cm³/mol. The van der Waals surface area contributed by atoms with Crippen molar-refractivity contribution in [3.63, 3.8) is 0 Å². The van der Waals surface area contributed by atoms with Gasteiger partial charge < -0.3 is 4.57 Å². The molecule has 30 heavy (non-hydrogen) atoms. The average molecular weight is 388 g/mol. The van der Waals surface area contributed by atoms with Gasteiger partial charge in [-0.3, -0.25) is 9.97 Å². The van der Waals surface area contributed by atoms with Crippen LogP contribution in [0, 0.1) is 0 Å². The van der Waals surface area contributed by atoms with Gasteiger partial charge in [0, 0.05) is 0 Å². The highest BCUT2D eigenvalue weighted by Crippen LogP contribution is 2.25. The Morgan fingerprint density at radius 2 is 1.17 bits per heavy atom. The lowest BCUT2D eigenvalue weighted by molar-refractivity contribution is 0.802. The predicted octanol–water partition coefficient (Wildman–Crippen LogP) is 4.64. The van der Waals surface area contributed by atoms with Crippen LogP contribution in [0.1, 0.15) is 5.69 Å². The van der Waals surface area contributed by atoms with Crippen LogP contribution in [-0.4, -0.2) is 29.5 Å². The van der Waals surface area contributed by atoms with Crippen LogP contribution < -0.4 is 0 Å². The van der Waals surface area contributed by atoms with Crippen LogP contribution in [-0.2, 0) is 6.54 Å². The minimum Gasteiger partial charge on any atom is -0.316 e. The number of fused-ring (bicyclic) bond motifs is 3. The fourth-order valence-electron chi connectivity index (χ4n) is 3.73. The third-order valence-electron chi connectivity index (χ3n) is 5.15. The van der Waals surface area contributed by atoms with E-state index in [-0.39, 0.29) is 0 Å². The van der Waals surface area contributed by atoms with Crippen molar-refractivity contribution in [1.82, 2.24) is 29.5 Å². The van der Waals surface area contributed by atoms with E-state index < -0.39 is 0 Å². The number of imidazole rings is 1. The Hall–Kier alpha value is -4.19. The Kier molecular flexibility index (Phi) is 3.74. The lowest BCUT2D eigenvalue weighted by Gasteiger charge is -2.09. The molecule has 6 heteroatoms. The first kappa shape index (κ1) is 16.7. The van der Waals surface area contributed by atoms with Crippen molar-refractivity contribution in [2.75, 3.05) is 0 Å². The Morgan fingerprint density at radius 3 is 1.93 bits per heavy atom. The monoisotopic (exact) mass is 388 g/mol. The van der Waals surface area contributed by atoms with E-state index >= 15 is 0 Å². The molecule has 0 aliphatic rings. The Morgan fingerprint density at radius 1 is 0.567 bits per heavy atom. The van der Waals surface area contributed by atoms with Gasteiger partial charge >= 0.3 is 0 Å². The summed E-state index contributed by atoms with van der Waals surface area (Å²) in [5.41, 5.74) is 7.02. The molecular formula is C24H16N6. The maximum absolute atomic E-state index is 4.86. The zero-order valence-corrected chi connectivity index (χ0v) is 16.0. The van der Waals surface area contributed by atoms with Crippen molar-refractivity contribution in [1.29, 1.82) is 0 Å². The average Bonchev–Trinajstić information content (AvgIpc) is 3.17. The molecule has 0 radical (unpaired) electrons. The van der Waals surface area contributed by atoms with Crippen molar-refractivity contribution in [3.05, 3.63) is 90.9 Å². The standard InChI is InChI=1S/C24H16N6/c1-3-9-19-17(7-1)25-13-16(27-19)15-30-23-12-6-5-11-21(23)29-24(30)22-14-26-18-8-2-4-10-20(18)28-22/h1-14H,15H2. The third kappa shape index (κ3) is 2.78. The van der Waals surface area contributed by atoms with Gasteiger partial charge in [-0.2, -0.15) is 0 Å². The number of nitrogens with zero attached hydrogens (tertiary/aromatic N) is 6. The first-order chi connectivity index (χ1) is 14.8. The third-order valence-corrected chi connectivity index (χ3v) is 5.15. The van der Waals surface area contributed by atoms with Crippen molar-refractivity contribution < 1.29 is 0 Å². The summed E-state index contributed by atoms with van der Waals surface area (Å²) in [4.78, 5) is 23.6. The second-order valence-electron chi connectivity index (χ2n) is 7.10. The Balaban J connectivity index is 1.52. The number of benzene rings is 3. The van der Waals surface area contributed by atoms with E-state index in [4.69, 9.17) is 15.0 Å². The van der Waals surface area contributed by atoms with E-state index in [1.54, 1.807) is 6.20 Å². The van der Waals surface area contributed by atoms with Gasteiger partial charge in [-0.1, -0.05) is 36.4 Å². The summed E-state index contributed by atoms with van der Waals surface area (Å²) >= 11 is 0. The highest BCUT2D eigenvalue weighted by Gasteiger charge is 2.15. The lowest BCUT2D eigenvalue weighted by atomic mass is 10.2. The van der Waals surface area contributed by atoms with Crippen LogP contribution >= 0.6 is 0 Å². The second kappa shape index (κ2) is 6.70. The molecule has 0 atom stereocenters. The second-order valence-corrected chi connectivity index (χ2v) is 7.10. The first-order valence-corrected chi connectivity index (χ1v) is 9.73. The van der Waals surface area contributed by atoms with Gasteiger partial charge in [-0.25, -0.2) is 15.0 Å². The van der Waals surface area contributed by atoms with Crippen molar-refractivity contribution in [2.24, 2.45) is 0 Å². The maximum Gasteiger partial charge on any atom is 0.161 e. The van der Waals surface area contributed by atoms with Crippen molar-refractivity contribution >= 4 is 33.1 Å². The Bertz CT molecular complexity index is 1540.